The van der Waals surface area contributed by atoms with E-state index in [1.165, 1.54) is 25.7 Å². The molecule has 0 fully saturated rings. The van der Waals surface area contributed by atoms with Crippen molar-refractivity contribution < 1.29 is 9.59 Å². The molecule has 1 heterocycles. The molecule has 22 heavy (non-hydrogen) atoms. The lowest BCUT2D eigenvalue weighted by molar-refractivity contribution is -0.118. The van der Waals surface area contributed by atoms with Crippen molar-refractivity contribution in [1.29, 1.82) is 0 Å². The van der Waals surface area contributed by atoms with Gasteiger partial charge in [-0.2, -0.15) is 0 Å². The number of anilines is 2. The van der Waals surface area contributed by atoms with Crippen LogP contribution in [0.5, 0.6) is 0 Å². The Kier molecular flexibility index (Phi) is 6.44. The summed E-state index contributed by atoms with van der Waals surface area (Å²) >= 11 is 0. The van der Waals surface area contributed by atoms with Crippen molar-refractivity contribution in [3.8, 4) is 0 Å². The number of primary amides is 1. The zero-order chi connectivity index (χ0) is 15.8. The van der Waals surface area contributed by atoms with Gasteiger partial charge in [0.05, 0.1) is 11.4 Å². The van der Waals surface area contributed by atoms with E-state index in [9.17, 15) is 9.59 Å². The first-order valence-electron chi connectivity index (χ1n) is 8.40. The standard InChI is InChI=1S/C18H26N2O2/c19-17(21)13-7-5-3-1-2-4-6-8-14-18(22)20-15-11-9-10-12-16(15)20/h9-12H,1-8,13-14H2,(H2,19,21). The summed E-state index contributed by atoms with van der Waals surface area (Å²) in [5, 5.41) is 0. The lowest BCUT2D eigenvalue weighted by atomic mass is 10.1. The molecular formula is C18H26N2O2. The monoisotopic (exact) mass is 302 g/mol. The molecule has 0 spiro atoms. The molecule has 0 atom stereocenters. The van der Waals surface area contributed by atoms with E-state index in [1.807, 2.05) is 29.2 Å². The number of unbranched alkanes of at least 4 members (excludes halogenated alkanes) is 7. The van der Waals surface area contributed by atoms with Gasteiger partial charge in [-0.05, 0) is 25.0 Å². The second kappa shape index (κ2) is 8.57. The summed E-state index contributed by atoms with van der Waals surface area (Å²) in [7, 11) is 0. The number of benzene rings is 1. The molecule has 4 nitrogen and oxygen atoms in total. The summed E-state index contributed by atoms with van der Waals surface area (Å²) in [4.78, 5) is 24.4. The highest BCUT2D eigenvalue weighted by Crippen LogP contribution is 2.47. The van der Waals surface area contributed by atoms with Crippen LogP contribution in [0.3, 0.4) is 0 Å². The van der Waals surface area contributed by atoms with Crippen LogP contribution in [-0.4, -0.2) is 11.8 Å². The molecule has 1 aromatic carbocycles. The van der Waals surface area contributed by atoms with E-state index in [4.69, 9.17) is 5.73 Å². The van der Waals surface area contributed by atoms with E-state index in [2.05, 4.69) is 0 Å². The predicted octanol–water partition coefficient (Wildman–Crippen LogP) is 4.05. The third-order valence-electron chi connectivity index (χ3n) is 4.13. The van der Waals surface area contributed by atoms with Crippen molar-refractivity contribution in [3.05, 3.63) is 24.3 Å². The number of carbonyl (C=O) groups is 2. The quantitative estimate of drug-likeness (QED) is 0.495. The molecule has 0 saturated heterocycles. The molecule has 2 N–H and O–H groups in total. The maximum absolute atomic E-state index is 12.0. The maximum Gasteiger partial charge on any atom is 0.231 e. The van der Waals surface area contributed by atoms with Crippen LogP contribution in [0.4, 0.5) is 11.4 Å². The fraction of sp³-hybridized carbons (Fsp3) is 0.556. The third kappa shape index (κ3) is 5.17. The summed E-state index contributed by atoms with van der Waals surface area (Å²) < 4.78 is 0. The molecule has 0 aromatic heterocycles. The van der Waals surface area contributed by atoms with Crippen LogP contribution < -0.4 is 10.6 Å². The van der Waals surface area contributed by atoms with Crippen LogP contribution in [0, 0.1) is 0 Å². The number of amides is 2. The minimum absolute atomic E-state index is 0.196. The number of hydrogen-bond donors (Lipinski definition) is 1. The van der Waals surface area contributed by atoms with E-state index >= 15 is 0 Å². The molecule has 4 heteroatoms. The molecule has 0 aliphatic carbocycles. The van der Waals surface area contributed by atoms with Crippen LogP contribution in [0.2, 0.25) is 0 Å². The first-order valence-corrected chi connectivity index (χ1v) is 8.40. The van der Waals surface area contributed by atoms with Crippen molar-refractivity contribution in [3.63, 3.8) is 0 Å². The summed E-state index contributed by atoms with van der Waals surface area (Å²) in [5.41, 5.74) is 7.24. The number of nitrogens with two attached hydrogens (primary N) is 1. The van der Waals surface area contributed by atoms with Crippen molar-refractivity contribution in [2.24, 2.45) is 5.73 Å². The van der Waals surface area contributed by atoms with Gasteiger partial charge in [-0.15, -0.1) is 0 Å². The van der Waals surface area contributed by atoms with Gasteiger partial charge in [0.15, 0.2) is 0 Å². The number of nitrogens with zero attached hydrogens (tertiary/aromatic N) is 1. The van der Waals surface area contributed by atoms with Gasteiger partial charge in [0.25, 0.3) is 0 Å². The molecule has 120 valence electrons. The Balaban J connectivity index is 1.41. The lowest BCUT2D eigenvalue weighted by Crippen LogP contribution is -2.12. The van der Waals surface area contributed by atoms with Gasteiger partial charge in [-0.3, -0.25) is 14.5 Å². The Morgan fingerprint density at radius 3 is 1.73 bits per heavy atom. The summed E-state index contributed by atoms with van der Waals surface area (Å²) in [6.45, 7) is 0. The average molecular weight is 302 g/mol. The first kappa shape index (κ1) is 16.5. The van der Waals surface area contributed by atoms with Crippen molar-refractivity contribution >= 4 is 23.2 Å². The fourth-order valence-corrected chi connectivity index (χ4v) is 2.82. The van der Waals surface area contributed by atoms with Gasteiger partial charge in [0, 0.05) is 12.8 Å². The Morgan fingerprint density at radius 2 is 1.23 bits per heavy atom. The minimum Gasteiger partial charge on any atom is -0.370 e. The first-order chi connectivity index (χ1) is 10.7. The largest absolute Gasteiger partial charge is 0.370 e. The maximum atomic E-state index is 12.0. The van der Waals surface area contributed by atoms with Gasteiger partial charge < -0.3 is 5.73 Å². The number of para-hydroxylation sites is 2. The predicted molar refractivity (Wildman–Crippen MR) is 89.0 cm³/mol. The van der Waals surface area contributed by atoms with Crippen LogP contribution in [-0.2, 0) is 9.59 Å². The fourth-order valence-electron chi connectivity index (χ4n) is 2.82. The summed E-state index contributed by atoms with van der Waals surface area (Å²) in [6.07, 6.45) is 10.1. The van der Waals surface area contributed by atoms with Crippen LogP contribution in [0.25, 0.3) is 0 Å². The molecule has 1 aliphatic heterocycles. The van der Waals surface area contributed by atoms with Gasteiger partial charge >= 0.3 is 0 Å². The van der Waals surface area contributed by atoms with E-state index in [0.29, 0.717) is 12.8 Å². The van der Waals surface area contributed by atoms with Crippen molar-refractivity contribution in [2.45, 2.75) is 64.2 Å². The van der Waals surface area contributed by atoms with Gasteiger partial charge in [-0.1, -0.05) is 50.7 Å². The van der Waals surface area contributed by atoms with Gasteiger partial charge in [0.1, 0.15) is 0 Å². The minimum atomic E-state index is -0.196. The van der Waals surface area contributed by atoms with Crippen LogP contribution >= 0.6 is 0 Å². The molecule has 2 rings (SSSR count). The highest BCUT2D eigenvalue weighted by molar-refractivity contribution is 6.15. The zero-order valence-corrected chi connectivity index (χ0v) is 13.2. The molecular weight excluding hydrogens is 276 g/mol. The summed E-state index contributed by atoms with van der Waals surface area (Å²) in [5.74, 6) is 0.0332. The topological polar surface area (TPSA) is 63.2 Å². The number of fused-ring (bicyclic) bond motifs is 1. The van der Waals surface area contributed by atoms with Crippen molar-refractivity contribution in [2.75, 3.05) is 4.90 Å². The van der Waals surface area contributed by atoms with Crippen LogP contribution in [0.15, 0.2) is 24.3 Å². The summed E-state index contributed by atoms with van der Waals surface area (Å²) in [6, 6.07) is 7.92. The second-order valence-electron chi connectivity index (χ2n) is 6.01. The molecule has 0 radical (unpaired) electrons. The average Bonchev–Trinajstić information content (AvgIpc) is 3.23. The number of hydrogen-bond acceptors (Lipinski definition) is 2. The SMILES string of the molecule is NC(=O)CCCCCCCCCCC(=O)N1c2ccccc21. The lowest BCUT2D eigenvalue weighted by Gasteiger charge is -2.03. The zero-order valence-electron chi connectivity index (χ0n) is 13.2. The Hall–Kier alpha value is -1.84. The van der Waals surface area contributed by atoms with E-state index in [1.54, 1.807) is 0 Å². The Morgan fingerprint density at radius 1 is 0.773 bits per heavy atom. The molecule has 0 saturated carbocycles. The van der Waals surface area contributed by atoms with Crippen LogP contribution in [0.1, 0.15) is 64.2 Å². The third-order valence-corrected chi connectivity index (χ3v) is 4.13. The number of carbonyl (C=O) groups excluding carboxylic acids is 2. The normalized spacial score (nSPS) is 12.1. The molecule has 1 aliphatic rings. The molecule has 0 bridgehead atoms. The van der Waals surface area contributed by atoms with E-state index in [0.717, 1.165) is 37.1 Å². The highest BCUT2D eigenvalue weighted by atomic mass is 16.2. The second-order valence-corrected chi connectivity index (χ2v) is 6.01. The van der Waals surface area contributed by atoms with Gasteiger partial charge in [-0.25, -0.2) is 0 Å². The number of rotatable bonds is 11. The van der Waals surface area contributed by atoms with E-state index in [-0.39, 0.29) is 11.8 Å². The molecule has 1 aromatic rings. The van der Waals surface area contributed by atoms with E-state index < -0.39 is 0 Å². The van der Waals surface area contributed by atoms with Gasteiger partial charge in [0.2, 0.25) is 11.8 Å². The molecule has 0 unspecified atom stereocenters. The Labute approximate surface area is 132 Å². The molecule has 2 amide bonds. The Bertz CT molecular complexity index is 491. The smallest absolute Gasteiger partial charge is 0.231 e. The highest BCUT2D eigenvalue weighted by Gasteiger charge is 2.33. The van der Waals surface area contributed by atoms with Crippen molar-refractivity contribution in [1.82, 2.24) is 0 Å².